The molecule has 1 saturated heterocycles. The van der Waals surface area contributed by atoms with Gasteiger partial charge in [0, 0.05) is 56.6 Å². The molecule has 164 valence electrons. The summed E-state index contributed by atoms with van der Waals surface area (Å²) in [6, 6.07) is 11.2. The molecule has 31 heavy (non-hydrogen) atoms. The van der Waals surface area contributed by atoms with E-state index in [1.54, 1.807) is 0 Å². The van der Waals surface area contributed by atoms with Crippen LogP contribution in [-0.2, 0) is 19.4 Å². The third-order valence-corrected chi connectivity index (χ3v) is 7.91. The lowest BCUT2D eigenvalue weighted by molar-refractivity contribution is 0.209. The Labute approximate surface area is 189 Å². The van der Waals surface area contributed by atoms with E-state index in [0.717, 1.165) is 64.5 Å². The lowest BCUT2D eigenvalue weighted by Gasteiger charge is -2.38. The van der Waals surface area contributed by atoms with Gasteiger partial charge in [0.1, 0.15) is 16.5 Å². The fourth-order valence-electron chi connectivity index (χ4n) is 4.88. The van der Waals surface area contributed by atoms with Crippen molar-refractivity contribution in [1.82, 2.24) is 19.8 Å². The highest BCUT2D eigenvalue weighted by molar-refractivity contribution is 7.19. The van der Waals surface area contributed by atoms with Crippen LogP contribution in [0.3, 0.4) is 0 Å². The lowest BCUT2D eigenvalue weighted by atomic mass is 10.0. The van der Waals surface area contributed by atoms with Crippen LogP contribution in [0.1, 0.15) is 42.6 Å². The summed E-state index contributed by atoms with van der Waals surface area (Å²) in [5, 5.41) is 1.34. The molecule has 0 aliphatic carbocycles. The van der Waals surface area contributed by atoms with Crippen molar-refractivity contribution in [3.05, 3.63) is 52.2 Å². The number of thiophene rings is 1. The molecule has 1 aromatic carbocycles. The van der Waals surface area contributed by atoms with Crippen molar-refractivity contribution in [2.24, 2.45) is 0 Å². The Kier molecular flexibility index (Phi) is 5.95. The summed E-state index contributed by atoms with van der Waals surface area (Å²) in [6.07, 6.45) is 1.91. The van der Waals surface area contributed by atoms with Crippen molar-refractivity contribution in [2.45, 2.75) is 46.2 Å². The monoisotopic (exact) mass is 435 g/mol. The highest BCUT2D eigenvalue weighted by Crippen LogP contribution is 2.39. The van der Waals surface area contributed by atoms with E-state index in [9.17, 15) is 0 Å². The first-order valence-corrected chi connectivity index (χ1v) is 12.5. The van der Waals surface area contributed by atoms with E-state index in [0.29, 0.717) is 6.04 Å². The first kappa shape index (κ1) is 20.9. The number of nitrogens with zero attached hydrogens (tertiary/aromatic N) is 5. The third-order valence-electron chi connectivity index (χ3n) is 6.80. The van der Waals surface area contributed by atoms with Gasteiger partial charge < -0.3 is 4.90 Å². The van der Waals surface area contributed by atoms with Gasteiger partial charge in [0.2, 0.25) is 0 Å². The number of hydrogen-bond acceptors (Lipinski definition) is 6. The summed E-state index contributed by atoms with van der Waals surface area (Å²) in [4.78, 5) is 20.6. The van der Waals surface area contributed by atoms with Crippen LogP contribution in [0.15, 0.2) is 30.3 Å². The number of piperazine rings is 1. The molecule has 0 unspecified atom stereocenters. The van der Waals surface area contributed by atoms with E-state index in [1.807, 2.05) is 11.3 Å². The Hall–Kier alpha value is -2.02. The second-order valence-corrected chi connectivity index (χ2v) is 10.1. The van der Waals surface area contributed by atoms with Gasteiger partial charge in [-0.1, -0.05) is 37.3 Å². The van der Waals surface area contributed by atoms with Crippen LogP contribution in [0, 0.1) is 0 Å². The van der Waals surface area contributed by atoms with Crippen molar-refractivity contribution >= 4 is 27.4 Å². The van der Waals surface area contributed by atoms with Crippen LogP contribution in [0.4, 0.5) is 5.82 Å². The normalized spacial score (nSPS) is 18.1. The Morgan fingerprint density at radius 1 is 1.00 bits per heavy atom. The van der Waals surface area contributed by atoms with Gasteiger partial charge in [0.25, 0.3) is 0 Å². The van der Waals surface area contributed by atoms with Crippen molar-refractivity contribution in [1.29, 1.82) is 0 Å². The van der Waals surface area contributed by atoms with E-state index in [-0.39, 0.29) is 0 Å². The van der Waals surface area contributed by atoms with Crippen LogP contribution in [0.25, 0.3) is 10.2 Å². The van der Waals surface area contributed by atoms with E-state index >= 15 is 0 Å². The first-order chi connectivity index (χ1) is 15.1. The second-order valence-electron chi connectivity index (χ2n) is 9.05. The van der Waals surface area contributed by atoms with Crippen molar-refractivity contribution < 1.29 is 0 Å². The Bertz CT molecular complexity index is 1040. The quantitative estimate of drug-likeness (QED) is 0.600. The first-order valence-electron chi connectivity index (χ1n) is 11.7. The Balaban J connectivity index is 1.55. The molecular formula is C25H33N5S. The maximum atomic E-state index is 5.20. The van der Waals surface area contributed by atoms with Crippen LogP contribution in [0.5, 0.6) is 0 Å². The minimum Gasteiger partial charge on any atom is -0.353 e. The highest BCUT2D eigenvalue weighted by atomic mass is 32.1. The van der Waals surface area contributed by atoms with Gasteiger partial charge in [0.15, 0.2) is 0 Å². The Morgan fingerprint density at radius 3 is 2.48 bits per heavy atom. The number of benzene rings is 1. The van der Waals surface area contributed by atoms with Crippen molar-refractivity contribution in [2.75, 3.05) is 44.2 Å². The van der Waals surface area contributed by atoms with Crippen LogP contribution < -0.4 is 4.90 Å². The smallest absolute Gasteiger partial charge is 0.141 e. The maximum Gasteiger partial charge on any atom is 0.141 e. The lowest BCUT2D eigenvalue weighted by Crippen LogP contribution is -2.49. The maximum absolute atomic E-state index is 5.20. The molecule has 6 heteroatoms. The highest BCUT2D eigenvalue weighted by Gasteiger charge is 2.28. The molecule has 5 nitrogen and oxygen atoms in total. The van der Waals surface area contributed by atoms with Gasteiger partial charge in [-0.2, -0.15) is 0 Å². The predicted molar refractivity (Wildman–Crippen MR) is 130 cm³/mol. The molecule has 0 bridgehead atoms. The van der Waals surface area contributed by atoms with Crippen molar-refractivity contribution in [3.63, 3.8) is 0 Å². The van der Waals surface area contributed by atoms with E-state index in [1.165, 1.54) is 32.0 Å². The van der Waals surface area contributed by atoms with E-state index in [4.69, 9.17) is 9.97 Å². The molecule has 0 amide bonds. The van der Waals surface area contributed by atoms with Crippen LogP contribution in [-0.4, -0.2) is 65.1 Å². The largest absolute Gasteiger partial charge is 0.353 e. The zero-order valence-electron chi connectivity index (χ0n) is 19.0. The standard InChI is InChI=1S/C25H33N5S/c1-4-28-11-10-20-21(17-28)31-25-23(20)24(30-14-12-29(13-15-30)18(2)3)26-22(27-25)16-19-8-6-5-7-9-19/h5-9,18H,4,10-17H2,1-3H3. The van der Waals surface area contributed by atoms with E-state index in [2.05, 4.69) is 65.8 Å². The van der Waals surface area contributed by atoms with E-state index < -0.39 is 0 Å². The summed E-state index contributed by atoms with van der Waals surface area (Å²) in [7, 11) is 0. The fourth-order valence-corrected chi connectivity index (χ4v) is 6.15. The minimum atomic E-state index is 0.607. The molecule has 5 rings (SSSR count). The van der Waals surface area contributed by atoms with Crippen LogP contribution >= 0.6 is 11.3 Å². The van der Waals surface area contributed by atoms with Gasteiger partial charge >= 0.3 is 0 Å². The molecule has 0 radical (unpaired) electrons. The fraction of sp³-hybridized carbons (Fsp3) is 0.520. The molecule has 2 aromatic heterocycles. The average molecular weight is 436 g/mol. The number of rotatable bonds is 5. The molecule has 2 aliphatic heterocycles. The third kappa shape index (κ3) is 4.21. The number of hydrogen-bond donors (Lipinski definition) is 0. The van der Waals surface area contributed by atoms with Gasteiger partial charge in [0.05, 0.1) is 5.39 Å². The summed E-state index contributed by atoms with van der Waals surface area (Å²) in [6.45, 7) is 14.5. The zero-order chi connectivity index (χ0) is 21.4. The molecule has 0 N–H and O–H groups in total. The molecule has 0 spiro atoms. The Morgan fingerprint density at radius 2 is 1.77 bits per heavy atom. The number of aromatic nitrogens is 2. The molecule has 2 aliphatic rings. The zero-order valence-corrected chi connectivity index (χ0v) is 19.8. The summed E-state index contributed by atoms with van der Waals surface area (Å²) in [5.41, 5.74) is 2.79. The van der Waals surface area contributed by atoms with Gasteiger partial charge in [-0.15, -0.1) is 11.3 Å². The predicted octanol–water partition coefficient (Wildman–Crippen LogP) is 4.19. The molecule has 3 aromatic rings. The SMILES string of the molecule is CCN1CCc2c(sc3nc(Cc4ccccc4)nc(N4CCN(C(C)C)CC4)c23)C1. The topological polar surface area (TPSA) is 35.5 Å². The number of anilines is 1. The number of likely N-dealkylation sites (N-methyl/N-ethyl adjacent to an activating group) is 1. The molecule has 4 heterocycles. The number of fused-ring (bicyclic) bond motifs is 3. The minimum absolute atomic E-state index is 0.607. The molecular weight excluding hydrogens is 402 g/mol. The van der Waals surface area contributed by atoms with Crippen molar-refractivity contribution in [3.8, 4) is 0 Å². The summed E-state index contributed by atoms with van der Waals surface area (Å²) in [5.74, 6) is 2.13. The summed E-state index contributed by atoms with van der Waals surface area (Å²) < 4.78 is 0. The molecule has 0 atom stereocenters. The van der Waals surface area contributed by atoms with Gasteiger partial charge in [-0.25, -0.2) is 9.97 Å². The van der Waals surface area contributed by atoms with Gasteiger partial charge in [-0.05, 0) is 37.9 Å². The second kappa shape index (κ2) is 8.85. The molecule has 1 fully saturated rings. The van der Waals surface area contributed by atoms with Crippen LogP contribution in [0.2, 0.25) is 0 Å². The molecule has 0 saturated carbocycles. The van der Waals surface area contributed by atoms with Gasteiger partial charge in [-0.3, -0.25) is 9.80 Å². The summed E-state index contributed by atoms with van der Waals surface area (Å²) >= 11 is 1.90. The average Bonchev–Trinajstić information content (AvgIpc) is 3.16.